The second-order valence-electron chi connectivity index (χ2n) is 5.28. The Balaban J connectivity index is 2.26. The Bertz CT molecular complexity index is 831. The molecule has 0 spiro atoms. The number of hydrogen-bond acceptors (Lipinski definition) is 6. The lowest BCUT2D eigenvalue weighted by molar-refractivity contribution is -0.385. The molecule has 0 fully saturated rings. The molecule has 26 heavy (non-hydrogen) atoms. The zero-order valence-electron chi connectivity index (χ0n) is 14.4. The number of amides is 1. The number of ether oxygens (including phenoxy) is 1. The van der Waals surface area contributed by atoms with E-state index in [1.54, 1.807) is 38.1 Å². The van der Waals surface area contributed by atoms with E-state index in [0.29, 0.717) is 17.8 Å². The number of rotatable bonds is 7. The molecule has 0 saturated carbocycles. The molecule has 2 N–H and O–H groups in total. The Morgan fingerprint density at radius 3 is 2.58 bits per heavy atom. The Morgan fingerprint density at radius 1 is 1.31 bits per heavy atom. The number of carbonyl (C=O) groups excluding carboxylic acids is 1. The Labute approximate surface area is 150 Å². The summed E-state index contributed by atoms with van der Waals surface area (Å²) in [5, 5.41) is 23.9. The lowest BCUT2D eigenvalue weighted by Crippen LogP contribution is -2.08. The van der Waals surface area contributed by atoms with Crippen LogP contribution in [0.3, 0.4) is 0 Å². The molecule has 0 aliphatic carbocycles. The number of phenols is 1. The van der Waals surface area contributed by atoms with Crippen molar-refractivity contribution >= 4 is 29.2 Å². The third kappa shape index (κ3) is 4.79. The summed E-state index contributed by atoms with van der Waals surface area (Å²) in [6.45, 7) is 3.73. The standard InChI is InChI=1S/C18H19N3O5/c1-3-17(22)20-14-7-5-13(6-8-14)19-11-12-9-15(21(24)25)10-16(18(12)23)26-4-2/h5-11,23H,3-4H2,1-2H3,(H,20,22). The van der Waals surface area contributed by atoms with Gasteiger partial charge in [-0.2, -0.15) is 0 Å². The van der Waals surface area contributed by atoms with Crippen molar-refractivity contribution in [2.75, 3.05) is 11.9 Å². The van der Waals surface area contributed by atoms with Gasteiger partial charge >= 0.3 is 0 Å². The van der Waals surface area contributed by atoms with Crippen molar-refractivity contribution in [1.82, 2.24) is 0 Å². The molecule has 0 saturated heterocycles. The van der Waals surface area contributed by atoms with Crippen molar-refractivity contribution in [2.24, 2.45) is 4.99 Å². The average molecular weight is 357 g/mol. The first-order valence-electron chi connectivity index (χ1n) is 8.02. The summed E-state index contributed by atoms with van der Waals surface area (Å²) in [4.78, 5) is 26.0. The van der Waals surface area contributed by atoms with Crippen LogP contribution in [0.2, 0.25) is 0 Å². The lowest BCUT2D eigenvalue weighted by atomic mass is 10.1. The number of aromatic hydroxyl groups is 1. The van der Waals surface area contributed by atoms with Gasteiger partial charge in [-0.3, -0.25) is 19.9 Å². The molecule has 0 heterocycles. The van der Waals surface area contributed by atoms with Crippen molar-refractivity contribution in [1.29, 1.82) is 0 Å². The molecule has 8 heteroatoms. The van der Waals surface area contributed by atoms with Crippen LogP contribution in [0.5, 0.6) is 11.5 Å². The maximum atomic E-state index is 11.4. The van der Waals surface area contributed by atoms with Crippen LogP contribution in [0.15, 0.2) is 41.4 Å². The van der Waals surface area contributed by atoms with Gasteiger partial charge in [0.1, 0.15) is 0 Å². The van der Waals surface area contributed by atoms with Gasteiger partial charge in [-0.25, -0.2) is 0 Å². The molecule has 0 aliphatic rings. The highest BCUT2D eigenvalue weighted by atomic mass is 16.6. The first-order chi connectivity index (χ1) is 12.4. The van der Waals surface area contributed by atoms with Gasteiger partial charge in [-0.1, -0.05) is 6.92 Å². The molecule has 1 amide bonds. The van der Waals surface area contributed by atoms with Gasteiger partial charge in [0.25, 0.3) is 5.69 Å². The number of aliphatic imine (C=N–C) groups is 1. The molecule has 2 rings (SSSR count). The molecule has 2 aromatic carbocycles. The van der Waals surface area contributed by atoms with Crippen molar-refractivity contribution in [3.8, 4) is 11.5 Å². The molecule has 0 radical (unpaired) electrons. The minimum atomic E-state index is -0.565. The fourth-order valence-corrected chi connectivity index (χ4v) is 2.11. The molecule has 0 bridgehead atoms. The molecule has 0 aliphatic heterocycles. The number of nitrogens with zero attached hydrogens (tertiary/aromatic N) is 2. The summed E-state index contributed by atoms with van der Waals surface area (Å²) in [6, 6.07) is 9.14. The second-order valence-corrected chi connectivity index (χ2v) is 5.28. The fourth-order valence-electron chi connectivity index (χ4n) is 2.11. The number of benzene rings is 2. The fraction of sp³-hybridized carbons (Fsp3) is 0.222. The number of non-ortho nitro benzene ring substituents is 1. The van der Waals surface area contributed by atoms with Gasteiger partial charge in [0, 0.05) is 30.0 Å². The normalized spacial score (nSPS) is 10.7. The van der Waals surface area contributed by atoms with Crippen molar-refractivity contribution in [3.63, 3.8) is 0 Å². The largest absolute Gasteiger partial charge is 0.504 e. The van der Waals surface area contributed by atoms with Gasteiger partial charge in [-0.15, -0.1) is 0 Å². The smallest absolute Gasteiger partial charge is 0.274 e. The van der Waals surface area contributed by atoms with Gasteiger partial charge in [-0.05, 0) is 31.2 Å². The summed E-state index contributed by atoms with van der Waals surface area (Å²) in [5.74, 6) is -0.278. The summed E-state index contributed by atoms with van der Waals surface area (Å²) < 4.78 is 5.23. The maximum absolute atomic E-state index is 11.4. The molecule has 8 nitrogen and oxygen atoms in total. The topological polar surface area (TPSA) is 114 Å². The summed E-state index contributed by atoms with van der Waals surface area (Å²) in [5.41, 5.74) is 1.17. The number of nitrogens with one attached hydrogen (secondary N) is 1. The Morgan fingerprint density at radius 2 is 2.00 bits per heavy atom. The van der Waals surface area contributed by atoms with Crippen LogP contribution < -0.4 is 10.1 Å². The van der Waals surface area contributed by atoms with Gasteiger partial charge < -0.3 is 15.2 Å². The highest BCUT2D eigenvalue weighted by molar-refractivity contribution is 5.91. The zero-order valence-corrected chi connectivity index (χ0v) is 14.4. The van der Waals surface area contributed by atoms with Gasteiger partial charge in [0.2, 0.25) is 5.91 Å². The highest BCUT2D eigenvalue weighted by Gasteiger charge is 2.16. The van der Waals surface area contributed by atoms with Gasteiger partial charge in [0.15, 0.2) is 11.5 Å². The number of phenolic OH excluding ortho intramolecular Hbond substituents is 1. The number of hydrogen-bond donors (Lipinski definition) is 2. The first kappa shape index (κ1) is 18.9. The monoisotopic (exact) mass is 357 g/mol. The van der Waals surface area contributed by atoms with E-state index in [4.69, 9.17) is 4.74 Å². The predicted molar refractivity (Wildman–Crippen MR) is 98.5 cm³/mol. The SMILES string of the molecule is CCOc1cc([N+](=O)[O-])cc(C=Nc2ccc(NC(=O)CC)cc2)c1O. The summed E-state index contributed by atoms with van der Waals surface area (Å²) >= 11 is 0. The Kier molecular flexibility index (Phi) is 6.26. The summed E-state index contributed by atoms with van der Waals surface area (Å²) in [7, 11) is 0. The quantitative estimate of drug-likeness (QED) is 0.444. The average Bonchev–Trinajstić information content (AvgIpc) is 2.63. The lowest BCUT2D eigenvalue weighted by Gasteiger charge is -2.08. The number of carbonyl (C=O) groups is 1. The van der Waals surface area contributed by atoms with Crippen LogP contribution in [0.4, 0.5) is 17.1 Å². The van der Waals surface area contributed by atoms with Crippen molar-refractivity contribution in [3.05, 3.63) is 52.1 Å². The van der Waals surface area contributed by atoms with Gasteiger partial charge in [0.05, 0.1) is 23.3 Å². The van der Waals surface area contributed by atoms with Crippen LogP contribution in [-0.4, -0.2) is 28.8 Å². The van der Waals surface area contributed by atoms with Crippen LogP contribution in [0.1, 0.15) is 25.8 Å². The number of anilines is 1. The van der Waals surface area contributed by atoms with E-state index in [1.165, 1.54) is 18.3 Å². The molecule has 0 atom stereocenters. The number of nitro benzene ring substituents is 1. The van der Waals surface area contributed by atoms with E-state index < -0.39 is 4.92 Å². The van der Waals surface area contributed by atoms with E-state index in [9.17, 15) is 20.0 Å². The van der Waals surface area contributed by atoms with E-state index in [0.717, 1.165) is 0 Å². The van der Waals surface area contributed by atoms with Crippen LogP contribution in [0, 0.1) is 10.1 Å². The first-order valence-corrected chi connectivity index (χ1v) is 8.02. The zero-order chi connectivity index (χ0) is 19.1. The number of nitro groups is 1. The molecular weight excluding hydrogens is 338 g/mol. The van der Waals surface area contributed by atoms with Crippen molar-refractivity contribution in [2.45, 2.75) is 20.3 Å². The minimum Gasteiger partial charge on any atom is -0.504 e. The van der Waals surface area contributed by atoms with E-state index in [1.807, 2.05) is 0 Å². The molecule has 136 valence electrons. The second kappa shape index (κ2) is 8.61. The molecule has 2 aromatic rings. The predicted octanol–water partition coefficient (Wildman–Crippen LogP) is 3.80. The highest BCUT2D eigenvalue weighted by Crippen LogP contribution is 2.34. The third-order valence-corrected chi connectivity index (χ3v) is 3.42. The third-order valence-electron chi connectivity index (χ3n) is 3.42. The molecule has 0 unspecified atom stereocenters. The van der Waals surface area contributed by atoms with E-state index in [-0.39, 0.29) is 35.3 Å². The maximum Gasteiger partial charge on any atom is 0.274 e. The van der Waals surface area contributed by atoms with E-state index >= 15 is 0 Å². The van der Waals surface area contributed by atoms with Crippen LogP contribution >= 0.6 is 0 Å². The van der Waals surface area contributed by atoms with Crippen molar-refractivity contribution < 1.29 is 19.6 Å². The molecule has 0 aromatic heterocycles. The Hall–Kier alpha value is -3.42. The van der Waals surface area contributed by atoms with Crippen LogP contribution in [-0.2, 0) is 4.79 Å². The minimum absolute atomic E-state index is 0.0285. The molecular formula is C18H19N3O5. The van der Waals surface area contributed by atoms with E-state index in [2.05, 4.69) is 10.3 Å². The summed E-state index contributed by atoms with van der Waals surface area (Å²) in [6.07, 6.45) is 1.71. The van der Waals surface area contributed by atoms with Crippen LogP contribution in [0.25, 0.3) is 0 Å².